The lowest BCUT2D eigenvalue weighted by molar-refractivity contribution is -0.149. The van der Waals surface area contributed by atoms with Crippen LogP contribution in [0.15, 0.2) is 71.3 Å². The average Bonchev–Trinajstić information content (AvgIpc) is 3.22. The molecule has 1 fully saturated rings. The van der Waals surface area contributed by atoms with Crippen LogP contribution >= 0.6 is 0 Å². The molecule has 3 aromatic carbocycles. The highest BCUT2D eigenvalue weighted by Gasteiger charge is 2.34. The van der Waals surface area contributed by atoms with E-state index in [2.05, 4.69) is 88.7 Å². The lowest BCUT2D eigenvalue weighted by Gasteiger charge is -2.15. The number of benzene rings is 3. The van der Waals surface area contributed by atoms with Crippen LogP contribution < -0.4 is 9.80 Å². The van der Waals surface area contributed by atoms with E-state index in [0.29, 0.717) is 11.1 Å². The van der Waals surface area contributed by atoms with Gasteiger partial charge in [0.1, 0.15) is 0 Å². The van der Waals surface area contributed by atoms with Gasteiger partial charge in [-0.15, -0.1) is 0 Å². The minimum Gasteiger partial charge on any atom is -0.386 e. The fraction of sp³-hybridized carbons (Fsp3) is 0.222. The lowest BCUT2D eigenvalue weighted by Crippen LogP contribution is -2.07. The Balaban J connectivity index is 1.83. The standard InChI is InChI=1S/C36H38N2O3/c1-23(2)34-33(35(39)41-36(34)40)22-32-24(3)28(15-9-26-11-17-30(18-12-26)37(5)6)21-29(25(32)4)16-10-27-13-19-31(20-14-27)38(7)8/h9-22H,1-8H3. The molecule has 0 aliphatic carbocycles. The van der Waals surface area contributed by atoms with Gasteiger partial charge < -0.3 is 14.5 Å². The summed E-state index contributed by atoms with van der Waals surface area (Å²) in [6.07, 6.45) is 10.2. The average molecular weight is 547 g/mol. The van der Waals surface area contributed by atoms with Gasteiger partial charge in [0.2, 0.25) is 0 Å². The van der Waals surface area contributed by atoms with Crippen molar-refractivity contribution in [3.05, 3.63) is 110 Å². The van der Waals surface area contributed by atoms with Crippen LogP contribution in [-0.2, 0) is 14.3 Å². The predicted molar refractivity (Wildman–Crippen MR) is 173 cm³/mol. The SMILES string of the molecule is CC(C)=C1C(=O)OC(=O)C1=Cc1c(C)c(C=Cc2ccc(N(C)C)cc2)cc(C=Cc2ccc(N(C)C)cc2)c1C. The molecule has 4 rings (SSSR count). The first-order chi connectivity index (χ1) is 19.5. The largest absolute Gasteiger partial charge is 0.386 e. The van der Waals surface area contributed by atoms with E-state index in [1.165, 1.54) is 0 Å². The summed E-state index contributed by atoms with van der Waals surface area (Å²) in [5.74, 6) is -1.19. The number of ether oxygens (including phenoxy) is 1. The third kappa shape index (κ3) is 6.58. The van der Waals surface area contributed by atoms with Crippen molar-refractivity contribution in [2.75, 3.05) is 38.0 Å². The Hall–Kier alpha value is -4.64. The molecular formula is C36H38N2O3. The van der Waals surface area contributed by atoms with Crippen LogP contribution in [0.2, 0.25) is 0 Å². The van der Waals surface area contributed by atoms with Crippen molar-refractivity contribution < 1.29 is 14.3 Å². The van der Waals surface area contributed by atoms with E-state index < -0.39 is 11.9 Å². The number of hydrogen-bond acceptors (Lipinski definition) is 5. The minimum absolute atomic E-state index is 0.302. The Morgan fingerprint density at radius 2 is 1.10 bits per heavy atom. The molecule has 210 valence electrons. The van der Waals surface area contributed by atoms with Crippen molar-refractivity contribution in [2.45, 2.75) is 27.7 Å². The molecule has 5 heteroatoms. The number of nitrogens with zero attached hydrogens (tertiary/aromatic N) is 2. The van der Waals surface area contributed by atoms with Crippen molar-refractivity contribution in [3.8, 4) is 0 Å². The van der Waals surface area contributed by atoms with E-state index in [1.54, 1.807) is 0 Å². The number of carbonyl (C=O) groups excluding carboxylic acids is 2. The number of esters is 2. The summed E-state index contributed by atoms with van der Waals surface area (Å²) in [6, 6.07) is 18.9. The van der Waals surface area contributed by atoms with E-state index in [1.807, 2.05) is 62.0 Å². The van der Waals surface area contributed by atoms with Gasteiger partial charge in [-0.2, -0.15) is 0 Å². The van der Waals surface area contributed by atoms with Crippen molar-refractivity contribution >= 4 is 53.7 Å². The second kappa shape index (κ2) is 12.3. The highest BCUT2D eigenvalue weighted by molar-refractivity contribution is 6.20. The second-order valence-electron chi connectivity index (χ2n) is 11.0. The molecule has 0 radical (unpaired) electrons. The molecule has 0 N–H and O–H groups in total. The van der Waals surface area contributed by atoms with Gasteiger partial charge in [0, 0.05) is 39.6 Å². The lowest BCUT2D eigenvalue weighted by atomic mass is 9.89. The third-order valence-electron chi connectivity index (χ3n) is 7.38. The highest BCUT2D eigenvalue weighted by Crippen LogP contribution is 2.32. The van der Waals surface area contributed by atoms with E-state index in [-0.39, 0.29) is 0 Å². The van der Waals surface area contributed by atoms with Gasteiger partial charge in [-0.3, -0.25) is 0 Å². The van der Waals surface area contributed by atoms with Crippen LogP contribution in [-0.4, -0.2) is 40.1 Å². The number of cyclic esters (lactones) is 2. The second-order valence-corrected chi connectivity index (χ2v) is 11.0. The van der Waals surface area contributed by atoms with Crippen LogP contribution in [0.1, 0.15) is 52.8 Å². The van der Waals surface area contributed by atoms with Crippen LogP contribution in [0.5, 0.6) is 0 Å². The summed E-state index contributed by atoms with van der Waals surface area (Å²) in [4.78, 5) is 29.2. The summed E-state index contributed by atoms with van der Waals surface area (Å²) < 4.78 is 4.98. The normalized spacial score (nSPS) is 14.4. The molecule has 0 bridgehead atoms. The van der Waals surface area contributed by atoms with Gasteiger partial charge in [-0.05, 0) is 103 Å². The fourth-order valence-electron chi connectivity index (χ4n) is 4.83. The van der Waals surface area contributed by atoms with Crippen molar-refractivity contribution in [1.82, 2.24) is 0 Å². The molecule has 0 atom stereocenters. The molecule has 5 nitrogen and oxygen atoms in total. The summed E-state index contributed by atoms with van der Waals surface area (Å²) in [7, 11) is 8.10. The van der Waals surface area contributed by atoms with Gasteiger partial charge in [0.25, 0.3) is 0 Å². The third-order valence-corrected chi connectivity index (χ3v) is 7.38. The van der Waals surface area contributed by atoms with Crippen molar-refractivity contribution in [1.29, 1.82) is 0 Å². The topological polar surface area (TPSA) is 49.9 Å². The Morgan fingerprint density at radius 1 is 0.659 bits per heavy atom. The molecule has 41 heavy (non-hydrogen) atoms. The molecule has 0 saturated carbocycles. The summed E-state index contributed by atoms with van der Waals surface area (Å²) >= 11 is 0. The summed E-state index contributed by atoms with van der Waals surface area (Å²) in [6.45, 7) is 7.73. The van der Waals surface area contributed by atoms with E-state index in [9.17, 15) is 9.59 Å². The zero-order chi connectivity index (χ0) is 29.8. The molecule has 0 unspecified atom stereocenters. The van der Waals surface area contributed by atoms with E-state index in [4.69, 9.17) is 4.74 Å². The Morgan fingerprint density at radius 3 is 1.49 bits per heavy atom. The van der Waals surface area contributed by atoms with Crippen LogP contribution in [0, 0.1) is 13.8 Å². The molecule has 1 saturated heterocycles. The molecule has 1 aliphatic heterocycles. The molecule has 0 aromatic heterocycles. The van der Waals surface area contributed by atoms with E-state index in [0.717, 1.165) is 55.9 Å². The maximum Gasteiger partial charge on any atom is 0.346 e. The highest BCUT2D eigenvalue weighted by atomic mass is 16.6. The van der Waals surface area contributed by atoms with Gasteiger partial charge in [-0.25, -0.2) is 9.59 Å². The predicted octanol–water partition coefficient (Wildman–Crippen LogP) is 7.58. The number of rotatable bonds is 7. The molecule has 3 aromatic rings. The number of allylic oxidation sites excluding steroid dienone is 1. The first-order valence-electron chi connectivity index (χ1n) is 13.7. The first kappa shape index (κ1) is 29.3. The monoisotopic (exact) mass is 546 g/mol. The minimum atomic E-state index is -0.606. The molecule has 0 spiro atoms. The van der Waals surface area contributed by atoms with E-state index >= 15 is 0 Å². The van der Waals surface area contributed by atoms with Gasteiger partial charge >= 0.3 is 11.9 Å². The molecular weight excluding hydrogens is 508 g/mol. The van der Waals surface area contributed by atoms with Crippen LogP contribution in [0.4, 0.5) is 11.4 Å². The Bertz CT molecular complexity index is 1510. The molecule has 0 amide bonds. The van der Waals surface area contributed by atoms with Gasteiger partial charge in [0.05, 0.1) is 11.1 Å². The van der Waals surface area contributed by atoms with Gasteiger partial charge in [-0.1, -0.05) is 54.1 Å². The van der Waals surface area contributed by atoms with Crippen LogP contribution in [0.3, 0.4) is 0 Å². The van der Waals surface area contributed by atoms with Crippen molar-refractivity contribution in [2.24, 2.45) is 0 Å². The van der Waals surface area contributed by atoms with Crippen LogP contribution in [0.25, 0.3) is 30.4 Å². The zero-order valence-electron chi connectivity index (χ0n) is 25.2. The number of carbonyl (C=O) groups is 2. The zero-order valence-corrected chi connectivity index (χ0v) is 25.2. The molecule has 1 aliphatic rings. The Labute approximate surface area is 243 Å². The quantitative estimate of drug-likeness (QED) is 0.132. The maximum atomic E-state index is 12.7. The number of anilines is 2. The van der Waals surface area contributed by atoms with Gasteiger partial charge in [0.15, 0.2) is 0 Å². The Kier molecular flexibility index (Phi) is 8.77. The maximum absolute atomic E-state index is 12.7. The molecule has 1 heterocycles. The smallest absolute Gasteiger partial charge is 0.346 e. The first-order valence-corrected chi connectivity index (χ1v) is 13.7. The fourth-order valence-corrected chi connectivity index (χ4v) is 4.83. The van der Waals surface area contributed by atoms with Crippen molar-refractivity contribution in [3.63, 3.8) is 0 Å². The summed E-state index contributed by atoms with van der Waals surface area (Å²) in [5.41, 5.74) is 10.8. The number of hydrogen-bond donors (Lipinski definition) is 0. The summed E-state index contributed by atoms with van der Waals surface area (Å²) in [5, 5.41) is 0.